The molecule has 0 aromatic heterocycles. The summed E-state index contributed by atoms with van der Waals surface area (Å²) in [4.78, 5) is 12.5. The lowest BCUT2D eigenvalue weighted by Crippen LogP contribution is -2.42. The van der Waals surface area contributed by atoms with Crippen LogP contribution >= 0.6 is 12.4 Å². The highest BCUT2D eigenvalue weighted by atomic mass is 35.5. The van der Waals surface area contributed by atoms with E-state index in [-0.39, 0.29) is 30.3 Å². The Bertz CT molecular complexity index is 553. The van der Waals surface area contributed by atoms with Gasteiger partial charge >= 0.3 is 0 Å². The van der Waals surface area contributed by atoms with E-state index in [0.29, 0.717) is 19.3 Å². The summed E-state index contributed by atoms with van der Waals surface area (Å²) in [6, 6.07) is 6.21. The van der Waals surface area contributed by atoms with Crippen molar-refractivity contribution in [3.8, 4) is 11.5 Å². The van der Waals surface area contributed by atoms with Crippen LogP contribution in [-0.2, 0) is 4.79 Å². The van der Waals surface area contributed by atoms with Gasteiger partial charge in [-0.15, -0.1) is 12.4 Å². The van der Waals surface area contributed by atoms with Crippen molar-refractivity contribution in [3.63, 3.8) is 0 Å². The number of ether oxygens (including phenoxy) is 2. The third-order valence-electron chi connectivity index (χ3n) is 4.42. The molecule has 1 unspecified atom stereocenters. The van der Waals surface area contributed by atoms with Crippen molar-refractivity contribution in [2.45, 2.75) is 52.6 Å². The highest BCUT2D eigenvalue weighted by Crippen LogP contribution is 2.31. The van der Waals surface area contributed by atoms with E-state index in [9.17, 15) is 4.79 Å². The quantitative estimate of drug-likeness (QED) is 0.771. The van der Waals surface area contributed by atoms with Gasteiger partial charge in [-0.25, -0.2) is 0 Å². The topological polar surface area (TPSA) is 59.6 Å². The van der Waals surface area contributed by atoms with Gasteiger partial charge in [0.1, 0.15) is 0 Å². The van der Waals surface area contributed by atoms with Gasteiger partial charge in [-0.3, -0.25) is 4.79 Å². The summed E-state index contributed by atoms with van der Waals surface area (Å²) < 4.78 is 11.3. The Morgan fingerprint density at radius 2 is 1.96 bits per heavy atom. The minimum Gasteiger partial charge on any atom is -0.490 e. The minimum absolute atomic E-state index is 0. The molecular formula is C19H31ClN2O3. The molecule has 0 radical (unpaired) electrons. The average Bonchev–Trinajstić information content (AvgIpc) is 2.56. The first kappa shape index (κ1) is 21.6. The van der Waals surface area contributed by atoms with Crippen molar-refractivity contribution in [2.75, 3.05) is 19.8 Å². The number of hydrogen-bond donors (Lipinski definition) is 2. The van der Waals surface area contributed by atoms with E-state index < -0.39 is 0 Å². The summed E-state index contributed by atoms with van der Waals surface area (Å²) in [5.41, 5.74) is 1.03. The van der Waals surface area contributed by atoms with Crippen LogP contribution in [-0.4, -0.2) is 31.7 Å². The summed E-state index contributed by atoms with van der Waals surface area (Å²) >= 11 is 0. The molecule has 5 nitrogen and oxygen atoms in total. The molecule has 2 N–H and O–H groups in total. The van der Waals surface area contributed by atoms with Crippen molar-refractivity contribution < 1.29 is 14.3 Å². The molecule has 1 aliphatic rings. The van der Waals surface area contributed by atoms with Crippen LogP contribution in [0.15, 0.2) is 18.2 Å². The fourth-order valence-electron chi connectivity index (χ4n) is 3.12. The first-order valence-electron chi connectivity index (χ1n) is 8.98. The first-order chi connectivity index (χ1) is 11.5. The maximum absolute atomic E-state index is 12.5. The number of benzene rings is 1. The van der Waals surface area contributed by atoms with Crippen molar-refractivity contribution >= 4 is 18.3 Å². The van der Waals surface area contributed by atoms with Crippen LogP contribution in [0.2, 0.25) is 0 Å². The van der Waals surface area contributed by atoms with Gasteiger partial charge in [0.05, 0.1) is 19.3 Å². The number of piperidine rings is 1. The van der Waals surface area contributed by atoms with Gasteiger partial charge in [-0.2, -0.15) is 0 Å². The lowest BCUT2D eigenvalue weighted by molar-refractivity contribution is -0.126. The Labute approximate surface area is 157 Å². The third-order valence-corrected chi connectivity index (χ3v) is 4.42. The molecule has 1 saturated heterocycles. The second-order valence-corrected chi connectivity index (χ2v) is 6.38. The number of amides is 1. The fraction of sp³-hybridized carbons (Fsp3) is 0.632. The average molecular weight is 371 g/mol. The van der Waals surface area contributed by atoms with E-state index in [0.717, 1.165) is 36.4 Å². The van der Waals surface area contributed by atoms with Gasteiger partial charge in [0.25, 0.3) is 0 Å². The summed E-state index contributed by atoms with van der Waals surface area (Å²) in [5.74, 6) is 1.71. The molecule has 2 rings (SSSR count). The zero-order chi connectivity index (χ0) is 17.5. The summed E-state index contributed by atoms with van der Waals surface area (Å²) in [5, 5.41) is 6.53. The zero-order valence-electron chi connectivity index (χ0n) is 15.6. The smallest absolute Gasteiger partial charge is 0.223 e. The third kappa shape index (κ3) is 6.08. The van der Waals surface area contributed by atoms with E-state index in [1.807, 2.05) is 39.0 Å². The molecule has 1 amide bonds. The predicted molar refractivity (Wildman–Crippen MR) is 103 cm³/mol. The second kappa shape index (κ2) is 10.5. The van der Waals surface area contributed by atoms with Crippen molar-refractivity contribution in [1.29, 1.82) is 0 Å². The second-order valence-electron chi connectivity index (χ2n) is 6.38. The predicted octanol–water partition coefficient (Wildman–Crippen LogP) is 3.47. The lowest BCUT2D eigenvalue weighted by Gasteiger charge is -2.28. The molecule has 0 saturated carbocycles. The summed E-state index contributed by atoms with van der Waals surface area (Å²) in [6.45, 7) is 10.1. The number of carbonyl (C=O) groups excluding carboxylic acids is 1. The van der Waals surface area contributed by atoms with E-state index in [1.54, 1.807) is 0 Å². The maximum Gasteiger partial charge on any atom is 0.223 e. The largest absolute Gasteiger partial charge is 0.490 e. The molecule has 142 valence electrons. The molecule has 1 aromatic carbocycles. The van der Waals surface area contributed by atoms with E-state index in [4.69, 9.17) is 9.47 Å². The van der Waals surface area contributed by atoms with E-state index in [1.165, 1.54) is 0 Å². The molecule has 1 aromatic rings. The van der Waals surface area contributed by atoms with Crippen molar-refractivity contribution in [2.24, 2.45) is 5.92 Å². The van der Waals surface area contributed by atoms with Gasteiger partial charge in [0, 0.05) is 12.0 Å². The van der Waals surface area contributed by atoms with Crippen LogP contribution in [0, 0.1) is 5.92 Å². The van der Waals surface area contributed by atoms with Crippen molar-refractivity contribution in [1.82, 2.24) is 10.6 Å². The molecule has 0 spiro atoms. The fourth-order valence-corrected chi connectivity index (χ4v) is 3.12. The van der Waals surface area contributed by atoms with Gasteiger partial charge in [-0.05, 0) is 64.8 Å². The molecular weight excluding hydrogens is 340 g/mol. The molecule has 0 bridgehead atoms. The molecule has 1 heterocycles. The Morgan fingerprint density at radius 3 is 2.60 bits per heavy atom. The molecule has 0 aliphatic carbocycles. The standard InChI is InChI=1S/C19H30N2O3.ClH/c1-5-23-17-8-7-15(12-18(17)24-6-2)14(4)21-19(22)16-9-10-20-13(3)11-16;/h7-8,12-14,16,20H,5-6,9-11H2,1-4H3,(H,21,22);1H/t13-,14?,16-;/m0./s1. The Morgan fingerprint density at radius 1 is 1.28 bits per heavy atom. The molecule has 1 aliphatic heterocycles. The lowest BCUT2D eigenvalue weighted by atomic mass is 9.92. The normalized spacial score (nSPS) is 21.0. The summed E-state index contributed by atoms with van der Waals surface area (Å²) in [6.07, 6.45) is 1.79. The van der Waals surface area contributed by atoms with Crippen LogP contribution in [0.5, 0.6) is 11.5 Å². The summed E-state index contributed by atoms with van der Waals surface area (Å²) in [7, 11) is 0. The van der Waals surface area contributed by atoms with Crippen LogP contribution in [0.4, 0.5) is 0 Å². The van der Waals surface area contributed by atoms with E-state index in [2.05, 4.69) is 17.6 Å². The first-order valence-corrected chi connectivity index (χ1v) is 8.98. The molecule has 1 fully saturated rings. The van der Waals surface area contributed by atoms with Gasteiger partial charge in [-0.1, -0.05) is 6.07 Å². The zero-order valence-corrected chi connectivity index (χ0v) is 16.4. The van der Waals surface area contributed by atoms with Gasteiger partial charge < -0.3 is 20.1 Å². The van der Waals surface area contributed by atoms with Crippen molar-refractivity contribution in [3.05, 3.63) is 23.8 Å². The van der Waals surface area contributed by atoms with Crippen LogP contribution in [0.3, 0.4) is 0 Å². The minimum atomic E-state index is -0.0578. The maximum atomic E-state index is 12.5. The monoisotopic (exact) mass is 370 g/mol. The van der Waals surface area contributed by atoms with Crippen LogP contribution < -0.4 is 20.1 Å². The molecule has 25 heavy (non-hydrogen) atoms. The number of rotatable bonds is 7. The number of nitrogens with one attached hydrogen (secondary N) is 2. The van der Waals surface area contributed by atoms with Crippen LogP contribution in [0.25, 0.3) is 0 Å². The molecule has 6 heteroatoms. The van der Waals surface area contributed by atoms with E-state index >= 15 is 0 Å². The SMILES string of the molecule is CCOc1ccc(C(C)NC(=O)[C@H]2CCN[C@@H](C)C2)cc1OCC.Cl. The Kier molecular flexibility index (Phi) is 9.08. The number of carbonyl (C=O) groups is 1. The Hall–Kier alpha value is -1.46. The number of hydrogen-bond acceptors (Lipinski definition) is 4. The molecule has 3 atom stereocenters. The van der Waals surface area contributed by atoms with Crippen LogP contribution in [0.1, 0.15) is 52.1 Å². The van der Waals surface area contributed by atoms with Gasteiger partial charge in [0.2, 0.25) is 5.91 Å². The Balaban J connectivity index is 0.00000312. The highest BCUT2D eigenvalue weighted by molar-refractivity contribution is 5.85. The number of halogens is 1. The van der Waals surface area contributed by atoms with Gasteiger partial charge in [0.15, 0.2) is 11.5 Å². The highest BCUT2D eigenvalue weighted by Gasteiger charge is 2.25.